The molecule has 0 radical (unpaired) electrons. The zero-order chi connectivity index (χ0) is 14.2. The Morgan fingerprint density at radius 1 is 1.47 bits per heavy atom. The van der Waals surface area contributed by atoms with Gasteiger partial charge < -0.3 is 15.2 Å². The molecule has 2 aliphatic rings. The van der Waals surface area contributed by atoms with Gasteiger partial charge in [-0.2, -0.15) is 13.2 Å². The number of carbonyl (C=O) groups excluding carboxylic acids is 1. The molecule has 0 aromatic rings. The largest absolute Gasteiger partial charge is 0.501 e. The number of hydrogen-bond acceptors (Lipinski definition) is 3. The maximum atomic E-state index is 12.2. The number of halogens is 3. The summed E-state index contributed by atoms with van der Waals surface area (Å²) in [7, 11) is 1.47. The summed E-state index contributed by atoms with van der Waals surface area (Å²) in [6.45, 7) is 0. The Morgan fingerprint density at radius 3 is 2.74 bits per heavy atom. The van der Waals surface area contributed by atoms with Crippen molar-refractivity contribution in [3.63, 3.8) is 0 Å². The molecule has 0 saturated heterocycles. The number of nitrogens with one attached hydrogen (secondary N) is 1. The van der Waals surface area contributed by atoms with Crippen LogP contribution >= 0.6 is 0 Å². The van der Waals surface area contributed by atoms with Crippen LogP contribution in [0.3, 0.4) is 0 Å². The van der Waals surface area contributed by atoms with Gasteiger partial charge in [-0.15, -0.1) is 0 Å². The Balaban J connectivity index is 2.11. The van der Waals surface area contributed by atoms with Crippen LogP contribution in [0.15, 0.2) is 23.5 Å². The summed E-state index contributed by atoms with van der Waals surface area (Å²) in [5.41, 5.74) is 0.647. The highest BCUT2D eigenvalue weighted by atomic mass is 19.4. The van der Waals surface area contributed by atoms with Crippen LogP contribution in [0.2, 0.25) is 0 Å². The Morgan fingerprint density at radius 2 is 2.16 bits per heavy atom. The summed E-state index contributed by atoms with van der Waals surface area (Å²) in [4.78, 5) is 11.0. The van der Waals surface area contributed by atoms with Gasteiger partial charge in [-0.1, -0.05) is 6.08 Å². The van der Waals surface area contributed by atoms with Crippen molar-refractivity contribution in [2.24, 2.45) is 5.92 Å². The van der Waals surface area contributed by atoms with Crippen LogP contribution in [-0.2, 0) is 9.53 Å². The smallest absolute Gasteiger partial charge is 0.471 e. The molecule has 19 heavy (non-hydrogen) atoms. The number of fused-ring (bicyclic) bond motifs is 1. The number of alkyl halides is 3. The van der Waals surface area contributed by atoms with Gasteiger partial charge in [0.15, 0.2) is 0 Å². The maximum Gasteiger partial charge on any atom is 0.471 e. The Kier molecular flexibility index (Phi) is 3.58. The van der Waals surface area contributed by atoms with Gasteiger partial charge >= 0.3 is 12.1 Å². The van der Waals surface area contributed by atoms with Gasteiger partial charge in [0.05, 0.1) is 19.0 Å². The topological polar surface area (TPSA) is 58.6 Å². The number of amides is 1. The predicted octanol–water partition coefficient (Wildman–Crippen LogP) is 1.27. The van der Waals surface area contributed by atoms with Crippen molar-refractivity contribution in [3.05, 3.63) is 23.5 Å². The van der Waals surface area contributed by atoms with Crippen molar-refractivity contribution < 1.29 is 27.8 Å². The summed E-state index contributed by atoms with van der Waals surface area (Å²) in [5.74, 6) is -1.70. The average molecular weight is 277 g/mol. The third kappa shape index (κ3) is 2.75. The molecule has 7 heteroatoms. The molecule has 0 aliphatic heterocycles. The van der Waals surface area contributed by atoms with E-state index >= 15 is 0 Å². The molecule has 1 fully saturated rings. The molecule has 0 aromatic heterocycles. The van der Waals surface area contributed by atoms with Gasteiger partial charge in [-0.3, -0.25) is 4.79 Å². The minimum atomic E-state index is -4.91. The van der Waals surface area contributed by atoms with Gasteiger partial charge in [-0.25, -0.2) is 0 Å². The molecular formula is C12H14F3NO3. The minimum Gasteiger partial charge on any atom is -0.501 e. The lowest BCUT2D eigenvalue weighted by Gasteiger charge is -2.25. The van der Waals surface area contributed by atoms with Gasteiger partial charge in [0.25, 0.3) is 0 Å². The van der Waals surface area contributed by atoms with Crippen molar-refractivity contribution in [2.75, 3.05) is 7.11 Å². The lowest BCUT2D eigenvalue weighted by Crippen LogP contribution is -2.45. The number of allylic oxidation sites excluding steroid dienone is 3. The Bertz CT molecular complexity index is 442. The summed E-state index contributed by atoms with van der Waals surface area (Å²) >= 11 is 0. The van der Waals surface area contributed by atoms with Crippen LogP contribution < -0.4 is 5.32 Å². The van der Waals surface area contributed by atoms with Crippen molar-refractivity contribution in [1.82, 2.24) is 5.32 Å². The van der Waals surface area contributed by atoms with Crippen LogP contribution in [0.5, 0.6) is 0 Å². The highest BCUT2D eigenvalue weighted by Crippen LogP contribution is 2.39. The number of hydrogen-bond donors (Lipinski definition) is 2. The first kappa shape index (κ1) is 13.9. The summed E-state index contributed by atoms with van der Waals surface area (Å²) < 4.78 is 41.8. The number of aliphatic hydroxyl groups is 1. The fourth-order valence-corrected chi connectivity index (χ4v) is 2.55. The first-order chi connectivity index (χ1) is 8.82. The van der Waals surface area contributed by atoms with Gasteiger partial charge in [0.2, 0.25) is 0 Å². The van der Waals surface area contributed by atoms with Crippen molar-refractivity contribution in [2.45, 2.75) is 31.2 Å². The third-order valence-electron chi connectivity index (χ3n) is 3.49. The first-order valence-electron chi connectivity index (χ1n) is 5.83. The summed E-state index contributed by atoms with van der Waals surface area (Å²) in [5, 5.41) is 11.7. The molecular weight excluding hydrogens is 263 g/mol. The van der Waals surface area contributed by atoms with E-state index in [1.165, 1.54) is 7.11 Å². The number of methoxy groups -OCH3 is 1. The fourth-order valence-electron chi connectivity index (χ4n) is 2.55. The van der Waals surface area contributed by atoms with Crippen molar-refractivity contribution in [1.29, 1.82) is 0 Å². The van der Waals surface area contributed by atoms with Crippen molar-refractivity contribution in [3.8, 4) is 0 Å². The van der Waals surface area contributed by atoms with E-state index in [1.54, 1.807) is 12.2 Å². The highest BCUT2D eigenvalue weighted by Gasteiger charge is 2.45. The molecule has 0 aromatic carbocycles. The SMILES string of the molecule is COC1=CC=C2C(C1)[C@@H](NC(=O)C(F)(F)F)C[C@H]2O. The van der Waals surface area contributed by atoms with E-state index in [0.717, 1.165) is 0 Å². The Hall–Kier alpha value is -1.50. The van der Waals surface area contributed by atoms with Crippen LogP contribution in [0.25, 0.3) is 0 Å². The van der Waals surface area contributed by atoms with E-state index < -0.39 is 24.2 Å². The molecule has 0 heterocycles. The average Bonchev–Trinajstić information content (AvgIpc) is 2.64. The third-order valence-corrected chi connectivity index (χ3v) is 3.49. The first-order valence-corrected chi connectivity index (χ1v) is 5.83. The number of ether oxygens (including phenoxy) is 1. The molecule has 0 bridgehead atoms. The van der Waals surface area contributed by atoms with Gasteiger partial charge in [-0.05, 0) is 18.1 Å². The molecule has 0 spiro atoms. The summed E-state index contributed by atoms with van der Waals surface area (Å²) in [6.07, 6.45) is -1.93. The van der Waals surface area contributed by atoms with E-state index in [1.807, 2.05) is 5.32 Å². The molecule has 1 amide bonds. The zero-order valence-corrected chi connectivity index (χ0v) is 10.2. The fraction of sp³-hybridized carbons (Fsp3) is 0.583. The number of carbonyl (C=O) groups is 1. The predicted molar refractivity (Wildman–Crippen MR) is 59.9 cm³/mol. The lowest BCUT2D eigenvalue weighted by molar-refractivity contribution is -0.174. The molecule has 2 N–H and O–H groups in total. The second-order valence-electron chi connectivity index (χ2n) is 4.64. The van der Waals surface area contributed by atoms with Gasteiger partial charge in [0, 0.05) is 18.4 Å². The van der Waals surface area contributed by atoms with E-state index in [2.05, 4.69) is 0 Å². The number of aliphatic hydroxyl groups excluding tert-OH is 1. The van der Waals surface area contributed by atoms with E-state index in [-0.39, 0.29) is 12.3 Å². The second kappa shape index (κ2) is 4.88. The maximum absolute atomic E-state index is 12.2. The molecule has 1 unspecified atom stereocenters. The van der Waals surface area contributed by atoms with E-state index in [0.29, 0.717) is 17.8 Å². The standard InChI is InChI=1S/C12H14F3NO3/c1-19-6-2-3-7-8(4-6)9(5-10(7)17)16-11(18)12(13,14)15/h2-3,8-10,17H,4-5H2,1H3,(H,16,18)/t8?,9-,10+/m0/s1. The lowest BCUT2D eigenvalue weighted by atomic mass is 9.90. The van der Waals surface area contributed by atoms with Crippen LogP contribution in [0, 0.1) is 5.92 Å². The normalized spacial score (nSPS) is 30.3. The Labute approximate surface area is 107 Å². The van der Waals surface area contributed by atoms with E-state index in [9.17, 15) is 23.1 Å². The minimum absolute atomic E-state index is 0.0865. The van der Waals surface area contributed by atoms with Crippen LogP contribution in [-0.4, -0.2) is 36.4 Å². The zero-order valence-electron chi connectivity index (χ0n) is 10.2. The highest BCUT2D eigenvalue weighted by molar-refractivity contribution is 5.82. The summed E-state index contributed by atoms with van der Waals surface area (Å²) in [6, 6.07) is -0.728. The van der Waals surface area contributed by atoms with Crippen LogP contribution in [0.1, 0.15) is 12.8 Å². The molecule has 106 valence electrons. The molecule has 2 rings (SSSR count). The molecule has 1 saturated carbocycles. The quantitative estimate of drug-likeness (QED) is 0.799. The molecule has 4 nitrogen and oxygen atoms in total. The van der Waals surface area contributed by atoms with E-state index in [4.69, 9.17) is 4.74 Å². The van der Waals surface area contributed by atoms with Crippen LogP contribution in [0.4, 0.5) is 13.2 Å². The van der Waals surface area contributed by atoms with Gasteiger partial charge in [0.1, 0.15) is 0 Å². The number of rotatable bonds is 2. The monoisotopic (exact) mass is 277 g/mol. The molecule has 3 atom stereocenters. The van der Waals surface area contributed by atoms with Crippen molar-refractivity contribution >= 4 is 5.91 Å². The second-order valence-corrected chi connectivity index (χ2v) is 4.64. The molecule has 2 aliphatic carbocycles.